The van der Waals surface area contributed by atoms with Gasteiger partial charge in [-0.1, -0.05) is 39.9 Å². The Hall–Kier alpha value is -2.19. The molecule has 4 rings (SSSR count). The highest BCUT2D eigenvalue weighted by Crippen LogP contribution is 2.38. The molecule has 1 saturated heterocycles. The van der Waals surface area contributed by atoms with Crippen molar-refractivity contribution in [3.05, 3.63) is 63.3 Å². The lowest BCUT2D eigenvalue weighted by Gasteiger charge is -2.32. The molecule has 0 spiro atoms. The van der Waals surface area contributed by atoms with Gasteiger partial charge in [0.25, 0.3) is 0 Å². The van der Waals surface area contributed by atoms with E-state index in [2.05, 4.69) is 20.8 Å². The Labute approximate surface area is 178 Å². The van der Waals surface area contributed by atoms with Gasteiger partial charge in [0.2, 0.25) is 5.78 Å². The molecule has 1 fully saturated rings. The summed E-state index contributed by atoms with van der Waals surface area (Å²) in [6.45, 7) is 4.92. The lowest BCUT2D eigenvalue weighted by Crippen LogP contribution is -3.13. The number of carbonyl (C=O) groups excluding carboxylic acids is 1. The molecule has 2 aliphatic rings. The summed E-state index contributed by atoms with van der Waals surface area (Å²) < 4.78 is 6.87. The average Bonchev–Trinajstić information content (AvgIpc) is 3.03. The van der Waals surface area contributed by atoms with Crippen molar-refractivity contribution in [1.82, 2.24) is 4.90 Å². The van der Waals surface area contributed by atoms with Gasteiger partial charge in [0.1, 0.15) is 12.3 Å². The molecule has 6 nitrogen and oxygen atoms in total. The maximum atomic E-state index is 12.8. The quantitative estimate of drug-likeness (QED) is 0.649. The minimum absolute atomic E-state index is 0.0910. The number of hydrogen-bond acceptors (Lipinski definition) is 5. The lowest BCUT2D eigenvalue weighted by atomic mass is 10.0. The third-order valence-electron chi connectivity index (χ3n) is 5.47. The number of aliphatic hydroxyl groups excluding tert-OH is 1. The van der Waals surface area contributed by atoms with E-state index in [1.807, 2.05) is 24.3 Å². The van der Waals surface area contributed by atoms with E-state index in [4.69, 9.17) is 9.84 Å². The first kappa shape index (κ1) is 20.1. The number of halogens is 1. The molecule has 0 unspecified atom stereocenters. The Morgan fingerprint density at radius 3 is 2.59 bits per heavy atom. The Bertz CT molecular complexity index is 935. The summed E-state index contributed by atoms with van der Waals surface area (Å²) in [5.74, 6) is 0.381. The number of nitrogens with one attached hydrogen (secondary N) is 1. The number of β-amino-alcohol motifs (C(OH)–C–C–N with tert-alkyl or cyclic N) is 1. The van der Waals surface area contributed by atoms with Gasteiger partial charge in [-0.25, -0.2) is 0 Å². The highest BCUT2D eigenvalue weighted by molar-refractivity contribution is 9.10. The van der Waals surface area contributed by atoms with Crippen molar-refractivity contribution in [3.8, 4) is 11.5 Å². The third-order valence-corrected chi connectivity index (χ3v) is 6.00. The smallest absolute Gasteiger partial charge is 0.231 e. The van der Waals surface area contributed by atoms with Crippen LogP contribution in [0.1, 0.15) is 21.5 Å². The second-order valence-corrected chi connectivity index (χ2v) is 8.32. The molecule has 0 saturated carbocycles. The maximum absolute atomic E-state index is 12.8. The van der Waals surface area contributed by atoms with E-state index in [1.54, 1.807) is 12.1 Å². The molecule has 7 heteroatoms. The zero-order valence-corrected chi connectivity index (χ0v) is 17.6. The summed E-state index contributed by atoms with van der Waals surface area (Å²) in [6.07, 6.45) is 1.71. The van der Waals surface area contributed by atoms with E-state index < -0.39 is 0 Å². The molecule has 0 bridgehead atoms. The van der Waals surface area contributed by atoms with Crippen LogP contribution in [0.5, 0.6) is 11.5 Å². The van der Waals surface area contributed by atoms with Crippen molar-refractivity contribution in [1.29, 1.82) is 0 Å². The fourth-order valence-electron chi connectivity index (χ4n) is 3.83. The van der Waals surface area contributed by atoms with Gasteiger partial charge in [-0.05, 0) is 29.8 Å². The van der Waals surface area contributed by atoms with Crippen LogP contribution in [0.25, 0.3) is 6.08 Å². The summed E-state index contributed by atoms with van der Waals surface area (Å²) in [5.41, 5.74) is 1.89. The van der Waals surface area contributed by atoms with Gasteiger partial charge in [0, 0.05) is 29.7 Å². The number of nitrogens with zero attached hydrogens (tertiary/aromatic N) is 1. The number of fused-ring (bicyclic) bond motifs is 1. The van der Waals surface area contributed by atoms with E-state index >= 15 is 0 Å². The highest BCUT2D eigenvalue weighted by Gasteiger charge is 2.31. The first-order chi connectivity index (χ1) is 14.0. The number of aliphatic hydroxyl groups is 1. The van der Waals surface area contributed by atoms with Crippen molar-refractivity contribution in [2.24, 2.45) is 0 Å². The number of benzene rings is 2. The van der Waals surface area contributed by atoms with Crippen molar-refractivity contribution in [2.45, 2.75) is 6.54 Å². The predicted molar refractivity (Wildman–Crippen MR) is 111 cm³/mol. The van der Waals surface area contributed by atoms with Gasteiger partial charge in [-0.15, -0.1) is 0 Å². The second-order valence-electron chi connectivity index (χ2n) is 7.40. The lowest BCUT2D eigenvalue weighted by molar-refractivity contribution is -0.918. The number of rotatable bonds is 5. The van der Waals surface area contributed by atoms with Gasteiger partial charge >= 0.3 is 0 Å². The summed E-state index contributed by atoms with van der Waals surface area (Å²) in [4.78, 5) is 16.3. The van der Waals surface area contributed by atoms with Crippen molar-refractivity contribution < 1.29 is 24.6 Å². The third kappa shape index (κ3) is 4.38. The van der Waals surface area contributed by atoms with Crippen LogP contribution in [0.3, 0.4) is 0 Å². The maximum Gasteiger partial charge on any atom is 0.231 e. The predicted octanol–water partition coefficient (Wildman–Crippen LogP) is 0.832. The zero-order chi connectivity index (χ0) is 20.4. The number of carbonyl (C=O) groups is 1. The average molecular weight is 459 g/mol. The molecule has 2 heterocycles. The van der Waals surface area contributed by atoms with Gasteiger partial charge in [-0.2, -0.15) is 0 Å². The summed E-state index contributed by atoms with van der Waals surface area (Å²) in [7, 11) is 0. The Balaban J connectivity index is 1.54. The number of quaternary nitrogens is 1. The van der Waals surface area contributed by atoms with Gasteiger partial charge in [0.15, 0.2) is 5.76 Å². The van der Waals surface area contributed by atoms with Crippen LogP contribution in [0.2, 0.25) is 0 Å². The standard InChI is InChI=1S/C22H23BrN2O4/c23-16-3-1-15(2-4-16)13-20-21(28)17-5-6-19(27)18(22(17)29-20)14-25-9-7-24(8-10-25)11-12-26/h1-6,13,26-27H,7-12,14H2/b20-13-. The molecule has 152 valence electrons. The normalized spacial score (nSPS) is 18.8. The number of piperazine rings is 1. The molecule has 29 heavy (non-hydrogen) atoms. The molecule has 0 atom stereocenters. The van der Waals surface area contributed by atoms with Crippen LogP contribution in [0, 0.1) is 0 Å². The first-order valence-electron chi connectivity index (χ1n) is 9.74. The van der Waals surface area contributed by atoms with Crippen molar-refractivity contribution in [2.75, 3.05) is 39.3 Å². The van der Waals surface area contributed by atoms with Gasteiger partial charge < -0.3 is 19.8 Å². The van der Waals surface area contributed by atoms with E-state index in [1.165, 1.54) is 11.0 Å². The SMILES string of the molecule is O=C1/C(=C/c2ccc(Br)cc2)Oc2c1ccc([O-])c2C[NH+]1CCN(CCO)CC1. The second kappa shape index (κ2) is 8.67. The minimum atomic E-state index is -0.188. The number of Topliss-reactive ketones (excluding diaryl/α,β-unsaturated/α-hetero) is 1. The number of ether oxygens (including phenoxy) is 1. The van der Waals surface area contributed by atoms with Crippen molar-refractivity contribution in [3.63, 3.8) is 0 Å². The first-order valence-corrected chi connectivity index (χ1v) is 10.5. The Morgan fingerprint density at radius 2 is 1.90 bits per heavy atom. The van der Waals surface area contributed by atoms with Crippen LogP contribution in [0.4, 0.5) is 0 Å². The molecule has 2 aromatic carbocycles. The number of ketones is 1. The van der Waals surface area contributed by atoms with Crippen LogP contribution in [0.15, 0.2) is 46.6 Å². The van der Waals surface area contributed by atoms with Crippen molar-refractivity contribution >= 4 is 27.8 Å². The molecule has 0 aromatic heterocycles. The van der Waals surface area contributed by atoms with E-state index in [0.29, 0.717) is 30.0 Å². The number of hydrogen-bond donors (Lipinski definition) is 2. The van der Waals surface area contributed by atoms with Crippen LogP contribution < -0.4 is 14.7 Å². The molecule has 0 amide bonds. The molecular weight excluding hydrogens is 436 g/mol. The fourth-order valence-corrected chi connectivity index (χ4v) is 4.09. The summed E-state index contributed by atoms with van der Waals surface area (Å²) >= 11 is 3.40. The molecule has 0 radical (unpaired) electrons. The molecular formula is C22H23BrN2O4. The molecule has 2 aromatic rings. The largest absolute Gasteiger partial charge is 0.872 e. The summed E-state index contributed by atoms with van der Waals surface area (Å²) in [5, 5.41) is 21.6. The van der Waals surface area contributed by atoms with Crippen LogP contribution >= 0.6 is 15.9 Å². The Kier molecular flexibility index (Phi) is 6.01. The van der Waals surface area contributed by atoms with Gasteiger partial charge in [0.05, 0.1) is 25.3 Å². The molecule has 0 aliphatic carbocycles. The van der Waals surface area contributed by atoms with E-state index in [-0.39, 0.29) is 23.9 Å². The molecule has 2 aliphatic heterocycles. The Morgan fingerprint density at radius 1 is 1.17 bits per heavy atom. The van der Waals surface area contributed by atoms with E-state index in [9.17, 15) is 9.90 Å². The topological polar surface area (TPSA) is 77.3 Å². The number of allylic oxidation sites excluding steroid dienone is 1. The molecule has 2 N–H and O–H groups in total. The monoisotopic (exact) mass is 458 g/mol. The zero-order valence-electron chi connectivity index (χ0n) is 16.0. The van der Waals surface area contributed by atoms with Gasteiger partial charge in [-0.3, -0.25) is 9.69 Å². The van der Waals surface area contributed by atoms with Crippen LogP contribution in [-0.2, 0) is 6.54 Å². The minimum Gasteiger partial charge on any atom is -0.872 e. The summed E-state index contributed by atoms with van der Waals surface area (Å²) in [6, 6.07) is 10.6. The highest BCUT2D eigenvalue weighted by atomic mass is 79.9. The van der Waals surface area contributed by atoms with E-state index in [0.717, 1.165) is 36.2 Å². The fraction of sp³-hybridized carbons (Fsp3) is 0.318. The van der Waals surface area contributed by atoms with Crippen LogP contribution in [-0.4, -0.2) is 55.1 Å².